The molecule has 0 aromatic heterocycles. The molecule has 0 atom stereocenters. The molecule has 0 aliphatic rings. The van der Waals surface area contributed by atoms with Crippen LogP contribution in [0, 0.1) is 0 Å². The Morgan fingerprint density at radius 2 is 0.854 bits per heavy atom. The van der Waals surface area contributed by atoms with E-state index in [1.54, 1.807) is 8.79 Å². The van der Waals surface area contributed by atoms with E-state index in [0.717, 1.165) is 12.8 Å². The number of hydrogen-bond donors (Lipinski definition) is 0. The van der Waals surface area contributed by atoms with Crippen molar-refractivity contribution in [1.82, 2.24) is 0 Å². The van der Waals surface area contributed by atoms with Crippen LogP contribution in [0.5, 0.6) is 0 Å². The largest absolute Gasteiger partial charge is 4.00 e. The molecule has 4 heteroatoms. The van der Waals surface area contributed by atoms with E-state index in [9.17, 15) is 0 Å². The number of aryl methyl sites for hydroxylation is 2. The molecule has 0 unspecified atom stereocenters. The number of rotatable bonds is 6. The third-order valence-corrected chi connectivity index (χ3v) is 17.8. The van der Waals surface area contributed by atoms with Crippen LogP contribution in [-0.2, 0) is 49.5 Å². The van der Waals surface area contributed by atoms with Gasteiger partial charge in [0.2, 0.25) is 0 Å². The molecule has 0 heterocycles. The van der Waals surface area contributed by atoms with Crippen molar-refractivity contribution in [2.75, 3.05) is 0 Å². The molecule has 0 aliphatic carbocycles. The maximum atomic E-state index is 2.67. The molecule has 48 heavy (non-hydrogen) atoms. The van der Waals surface area contributed by atoms with Gasteiger partial charge in [-0.2, -0.15) is 0 Å². The minimum atomic E-state index is -2.93. The Balaban J connectivity index is 0.00000208. The summed E-state index contributed by atoms with van der Waals surface area (Å²) in [4.78, 5) is 0. The molecule has 0 fully saturated rings. The van der Waals surface area contributed by atoms with E-state index in [-0.39, 0.29) is 61.5 Å². The van der Waals surface area contributed by atoms with E-state index in [1.807, 2.05) is 0 Å². The molecule has 6 aromatic carbocycles. The summed E-state index contributed by atoms with van der Waals surface area (Å²) < 4.78 is 3.34. The number of halogens is 2. The first-order valence-corrected chi connectivity index (χ1v) is 23.2. The standard InChI is InChI=1S/C44H50Ge.2ClH.Hf/c1-11-29-27-33-15-13-17-37(31-19-23-35(24-20-31)43(3,4)5)39(33)41(29)45(9,10)42-30(12-2)28-34-16-14-18-38(40(34)42)32-21-25-36(26-22-32)44(6,7)8;;;/h13-28H,11-12H2,1-10H3;2*1H;/q-2;;;+4/p-2. The van der Waals surface area contributed by atoms with Crippen molar-refractivity contribution in [3.8, 4) is 22.3 Å². The smallest absolute Gasteiger partial charge is 1.00 e. The average molecular weight is 901 g/mol. The van der Waals surface area contributed by atoms with Gasteiger partial charge in [-0.3, -0.25) is 0 Å². The van der Waals surface area contributed by atoms with Gasteiger partial charge in [0.15, 0.2) is 0 Å². The monoisotopic (exact) mass is 902 g/mol. The minimum Gasteiger partial charge on any atom is -1.00 e. The van der Waals surface area contributed by atoms with Crippen molar-refractivity contribution in [3.63, 3.8) is 0 Å². The van der Waals surface area contributed by atoms with Gasteiger partial charge in [0, 0.05) is 0 Å². The first kappa shape index (κ1) is 40.5. The predicted molar refractivity (Wildman–Crippen MR) is 203 cm³/mol. The van der Waals surface area contributed by atoms with Gasteiger partial charge < -0.3 is 24.8 Å². The maximum Gasteiger partial charge on any atom is 4.00 e. The normalized spacial score (nSPS) is 12.0. The minimum absolute atomic E-state index is 0. The van der Waals surface area contributed by atoms with Crippen molar-refractivity contribution >= 4 is 43.6 Å². The zero-order valence-corrected chi connectivity index (χ0v) is 37.6. The first-order chi connectivity index (χ1) is 21.3. The van der Waals surface area contributed by atoms with Crippen LogP contribution in [0.15, 0.2) is 97.1 Å². The molecule has 248 valence electrons. The van der Waals surface area contributed by atoms with Crippen LogP contribution in [0.2, 0.25) is 11.5 Å². The zero-order valence-electron chi connectivity index (χ0n) is 30.4. The predicted octanol–water partition coefficient (Wildman–Crippen LogP) is 5.31. The summed E-state index contributed by atoms with van der Waals surface area (Å²) >= 11 is -2.93. The summed E-state index contributed by atoms with van der Waals surface area (Å²) in [6.07, 6.45) is 2.12. The second-order valence-electron chi connectivity index (χ2n) is 15.6. The summed E-state index contributed by atoms with van der Waals surface area (Å²) in [7, 11) is 0. The summed E-state index contributed by atoms with van der Waals surface area (Å²) in [6.45, 7) is 18.5. The molecule has 0 saturated heterocycles. The maximum absolute atomic E-state index is 2.93. The van der Waals surface area contributed by atoms with Crippen LogP contribution < -0.4 is 33.6 Å². The molecule has 0 radical (unpaired) electrons. The fourth-order valence-electron chi connectivity index (χ4n) is 7.67. The summed E-state index contributed by atoms with van der Waals surface area (Å²) in [5.41, 5.74) is 11.5. The Morgan fingerprint density at radius 1 is 0.521 bits per heavy atom. The van der Waals surface area contributed by atoms with Gasteiger partial charge in [-0.05, 0) is 0 Å². The van der Waals surface area contributed by atoms with Crippen molar-refractivity contribution in [1.29, 1.82) is 0 Å². The number of hydrogen-bond acceptors (Lipinski definition) is 0. The van der Waals surface area contributed by atoms with Crippen molar-refractivity contribution in [2.45, 2.75) is 90.6 Å². The summed E-state index contributed by atoms with van der Waals surface area (Å²) in [5.74, 6) is 5.33. The Bertz CT molecular complexity index is 1850. The van der Waals surface area contributed by atoms with Gasteiger partial charge in [-0.25, -0.2) is 0 Å². The fourth-order valence-corrected chi connectivity index (χ4v) is 16.4. The molecule has 0 bridgehead atoms. The second-order valence-corrected chi connectivity index (χ2v) is 24.5. The van der Waals surface area contributed by atoms with Gasteiger partial charge in [-0.1, -0.05) is 0 Å². The zero-order chi connectivity index (χ0) is 32.3. The van der Waals surface area contributed by atoms with Gasteiger partial charge in [0.05, 0.1) is 0 Å². The molecular formula is C44H50Cl2GeHf. The van der Waals surface area contributed by atoms with Crippen LogP contribution in [0.25, 0.3) is 43.8 Å². The molecule has 0 amide bonds. The Hall–Kier alpha value is -1.91. The van der Waals surface area contributed by atoms with Crippen molar-refractivity contribution < 1.29 is 50.7 Å². The van der Waals surface area contributed by atoms with Gasteiger partial charge in [0.25, 0.3) is 0 Å². The van der Waals surface area contributed by atoms with Crippen molar-refractivity contribution in [3.05, 3.63) is 119 Å². The topological polar surface area (TPSA) is 0 Å². The Labute approximate surface area is 323 Å². The van der Waals surface area contributed by atoms with E-state index < -0.39 is 13.3 Å². The van der Waals surface area contributed by atoms with Crippen LogP contribution in [0.4, 0.5) is 0 Å². The quantitative estimate of drug-likeness (QED) is 0.157. The molecule has 0 nitrogen and oxygen atoms in total. The molecule has 0 N–H and O–H groups in total. The van der Waals surface area contributed by atoms with Crippen LogP contribution in [0.1, 0.15) is 77.6 Å². The van der Waals surface area contributed by atoms with Gasteiger partial charge >= 0.3 is 302 Å². The molecule has 0 aliphatic heterocycles. The Kier molecular flexibility index (Phi) is 12.8. The summed E-state index contributed by atoms with van der Waals surface area (Å²) in [6, 6.07) is 37.7. The average Bonchev–Trinajstić information content (AvgIpc) is 3.60. The summed E-state index contributed by atoms with van der Waals surface area (Å²) in [5, 5.41) is 5.77. The SMILES string of the molecule is CCc1[cH-]c2cccc(-c3ccc(C(C)(C)C)cc3)c2[c]1[Ge]([CH3])([CH3])[c]1c(CC)[cH-]c2cccc(-c3ccc(C(C)(C)C)cc3)c12.[Cl-].[Cl-].[Hf+4]. The molecule has 0 spiro atoms. The number of benzene rings is 4. The van der Waals surface area contributed by atoms with Crippen LogP contribution >= 0.6 is 0 Å². The van der Waals surface area contributed by atoms with E-state index >= 15 is 0 Å². The Morgan fingerprint density at radius 3 is 1.15 bits per heavy atom. The third kappa shape index (κ3) is 7.27. The molecule has 0 saturated carbocycles. The van der Waals surface area contributed by atoms with E-state index in [0.29, 0.717) is 0 Å². The fraction of sp³-hybridized carbons (Fsp3) is 0.318. The van der Waals surface area contributed by atoms with Crippen molar-refractivity contribution in [2.24, 2.45) is 0 Å². The van der Waals surface area contributed by atoms with Crippen LogP contribution in [0.3, 0.4) is 0 Å². The third-order valence-electron chi connectivity index (χ3n) is 10.1. The van der Waals surface area contributed by atoms with E-state index in [2.05, 4.69) is 164 Å². The molecular weight excluding hydrogens is 850 g/mol. The van der Waals surface area contributed by atoms with Crippen LogP contribution in [-0.4, -0.2) is 13.3 Å². The van der Waals surface area contributed by atoms with E-state index in [4.69, 9.17) is 0 Å². The number of fused-ring (bicyclic) bond motifs is 2. The molecule has 6 aromatic rings. The molecule has 6 rings (SSSR count). The van der Waals surface area contributed by atoms with Gasteiger partial charge in [-0.15, -0.1) is 0 Å². The first-order valence-electron chi connectivity index (χ1n) is 16.9. The van der Waals surface area contributed by atoms with Gasteiger partial charge in [0.1, 0.15) is 0 Å². The van der Waals surface area contributed by atoms with E-state index in [1.165, 1.54) is 66.1 Å². The second kappa shape index (κ2) is 15.1.